The summed E-state index contributed by atoms with van der Waals surface area (Å²) < 4.78 is 32.3. The molecule has 2 aromatic heterocycles. The Morgan fingerprint density at radius 3 is 2.67 bits per heavy atom. The van der Waals surface area contributed by atoms with E-state index in [2.05, 4.69) is 25.4 Å². The molecule has 0 fully saturated rings. The zero-order chi connectivity index (χ0) is 19.6. The molecule has 10 heteroatoms. The number of hydrogen-bond acceptors (Lipinski definition) is 6. The summed E-state index contributed by atoms with van der Waals surface area (Å²) in [5.74, 6) is -0.327. The van der Waals surface area contributed by atoms with E-state index in [-0.39, 0.29) is 16.3 Å². The van der Waals surface area contributed by atoms with Crippen molar-refractivity contribution in [3.05, 3.63) is 48.0 Å². The van der Waals surface area contributed by atoms with Crippen molar-refractivity contribution in [3.63, 3.8) is 0 Å². The molecular weight excluding hydrogens is 370 g/mol. The number of amides is 1. The summed E-state index contributed by atoms with van der Waals surface area (Å²) in [6.07, 6.45) is 1.63. The highest BCUT2D eigenvalue weighted by Gasteiger charge is 2.28. The smallest absolute Gasteiger partial charge is 0.246 e. The van der Waals surface area contributed by atoms with E-state index in [0.29, 0.717) is 5.69 Å². The van der Waals surface area contributed by atoms with Crippen LogP contribution in [0.5, 0.6) is 0 Å². The Morgan fingerprint density at radius 2 is 2.04 bits per heavy atom. The summed E-state index contributed by atoms with van der Waals surface area (Å²) in [5.41, 5.74) is 2.42. The van der Waals surface area contributed by atoms with Crippen LogP contribution in [-0.2, 0) is 14.8 Å². The number of nitrogens with one attached hydrogen (secondary N) is 3. The lowest BCUT2D eigenvalue weighted by Crippen LogP contribution is -2.41. The Balaban J connectivity index is 1.72. The molecule has 0 unspecified atom stereocenters. The number of carbonyl (C=O) groups excluding carboxylic acids is 1. The average molecular weight is 389 g/mol. The highest BCUT2D eigenvalue weighted by atomic mass is 32.2. The van der Waals surface area contributed by atoms with Gasteiger partial charge in [0, 0.05) is 17.4 Å². The second kappa shape index (κ2) is 7.33. The molecule has 0 aliphatic heterocycles. The van der Waals surface area contributed by atoms with E-state index in [1.807, 2.05) is 6.07 Å². The van der Waals surface area contributed by atoms with Crippen molar-refractivity contribution in [2.24, 2.45) is 0 Å². The van der Waals surface area contributed by atoms with E-state index >= 15 is 0 Å². The molecule has 0 bridgehead atoms. The van der Waals surface area contributed by atoms with Gasteiger partial charge in [-0.2, -0.15) is 9.82 Å². The molecule has 3 N–H and O–H groups in total. The third-order valence-corrected chi connectivity index (χ3v) is 5.69. The van der Waals surface area contributed by atoms with Gasteiger partial charge in [0.15, 0.2) is 5.76 Å². The van der Waals surface area contributed by atoms with Gasteiger partial charge in [0.2, 0.25) is 15.9 Å². The molecule has 9 nitrogen and oxygen atoms in total. The summed E-state index contributed by atoms with van der Waals surface area (Å²) >= 11 is 0. The molecule has 0 spiro atoms. The average Bonchev–Trinajstić information content (AvgIpc) is 3.25. The molecule has 3 rings (SSSR count). The van der Waals surface area contributed by atoms with Crippen molar-refractivity contribution < 1.29 is 17.7 Å². The number of hydrogen-bond donors (Lipinski definition) is 3. The van der Waals surface area contributed by atoms with Crippen LogP contribution in [0.15, 0.2) is 45.9 Å². The number of rotatable bonds is 6. The minimum absolute atomic E-state index is 0.0524. The fourth-order valence-corrected chi connectivity index (χ4v) is 4.17. The molecule has 0 aliphatic rings. The third kappa shape index (κ3) is 4.07. The molecule has 142 valence electrons. The Hall–Kier alpha value is -2.98. The zero-order valence-electron chi connectivity index (χ0n) is 15.0. The highest BCUT2D eigenvalue weighted by Crippen LogP contribution is 2.21. The van der Waals surface area contributed by atoms with Crippen molar-refractivity contribution in [1.82, 2.24) is 20.1 Å². The van der Waals surface area contributed by atoms with Crippen LogP contribution in [0.25, 0.3) is 11.3 Å². The van der Waals surface area contributed by atoms with Gasteiger partial charge in [-0.1, -0.05) is 17.3 Å². The van der Waals surface area contributed by atoms with Crippen molar-refractivity contribution in [1.29, 1.82) is 0 Å². The highest BCUT2D eigenvalue weighted by molar-refractivity contribution is 7.89. The number of aryl methyl sites for hydroxylation is 2. The molecular formula is C17H19N5O4S. The second-order valence-corrected chi connectivity index (χ2v) is 7.69. The molecule has 0 aliphatic carbocycles. The van der Waals surface area contributed by atoms with Gasteiger partial charge in [0.05, 0.1) is 11.7 Å². The number of carbonyl (C=O) groups is 1. The van der Waals surface area contributed by atoms with Crippen LogP contribution in [-0.4, -0.2) is 35.7 Å². The second-order valence-electron chi connectivity index (χ2n) is 6.04. The maximum absolute atomic E-state index is 12.5. The van der Waals surface area contributed by atoms with Crippen LogP contribution in [0.4, 0.5) is 5.69 Å². The van der Waals surface area contributed by atoms with Crippen molar-refractivity contribution in [3.8, 4) is 11.3 Å². The Morgan fingerprint density at radius 1 is 1.26 bits per heavy atom. The molecule has 0 saturated heterocycles. The van der Waals surface area contributed by atoms with Gasteiger partial charge < -0.3 is 9.84 Å². The molecule has 2 heterocycles. The van der Waals surface area contributed by atoms with Gasteiger partial charge in [-0.3, -0.25) is 9.89 Å². The lowest BCUT2D eigenvalue weighted by atomic mass is 10.1. The van der Waals surface area contributed by atoms with Gasteiger partial charge in [-0.25, -0.2) is 8.42 Å². The summed E-state index contributed by atoms with van der Waals surface area (Å²) in [5, 5.41) is 13.1. The molecule has 1 amide bonds. The number of sulfonamides is 1. The van der Waals surface area contributed by atoms with Gasteiger partial charge >= 0.3 is 0 Å². The molecule has 3 aromatic rings. The van der Waals surface area contributed by atoms with E-state index in [1.54, 1.807) is 30.5 Å². The normalized spacial score (nSPS) is 12.7. The van der Waals surface area contributed by atoms with Gasteiger partial charge in [0.25, 0.3) is 0 Å². The predicted octanol–water partition coefficient (Wildman–Crippen LogP) is 1.99. The SMILES string of the molecule is Cc1noc(C)c1S(=O)(=O)N[C@@H](C)C(=O)Nc1cccc(-c2ccn[nH]2)c1. The number of anilines is 1. The van der Waals surface area contributed by atoms with E-state index < -0.39 is 22.0 Å². The molecule has 1 aromatic carbocycles. The summed E-state index contributed by atoms with van der Waals surface area (Å²) in [4.78, 5) is 12.4. The van der Waals surface area contributed by atoms with E-state index in [9.17, 15) is 13.2 Å². The van der Waals surface area contributed by atoms with Crippen molar-refractivity contribution in [2.75, 3.05) is 5.32 Å². The van der Waals surface area contributed by atoms with E-state index in [0.717, 1.165) is 11.3 Å². The molecule has 27 heavy (non-hydrogen) atoms. The minimum Gasteiger partial charge on any atom is -0.360 e. The van der Waals surface area contributed by atoms with Crippen LogP contribution < -0.4 is 10.0 Å². The van der Waals surface area contributed by atoms with Crippen LogP contribution in [0.1, 0.15) is 18.4 Å². The maximum Gasteiger partial charge on any atom is 0.246 e. The number of aromatic nitrogens is 3. The van der Waals surface area contributed by atoms with Gasteiger partial charge in [-0.15, -0.1) is 0 Å². The minimum atomic E-state index is -3.94. The van der Waals surface area contributed by atoms with Crippen molar-refractivity contribution in [2.45, 2.75) is 31.7 Å². The number of H-pyrrole nitrogens is 1. The Kier molecular flexibility index (Phi) is 5.10. The van der Waals surface area contributed by atoms with Gasteiger partial charge in [-0.05, 0) is 39.0 Å². The largest absolute Gasteiger partial charge is 0.360 e. The topological polar surface area (TPSA) is 130 Å². The monoisotopic (exact) mass is 389 g/mol. The zero-order valence-corrected chi connectivity index (χ0v) is 15.8. The first-order chi connectivity index (χ1) is 12.8. The lowest BCUT2D eigenvalue weighted by Gasteiger charge is -2.14. The van der Waals surface area contributed by atoms with Crippen molar-refractivity contribution >= 4 is 21.6 Å². The first-order valence-corrected chi connectivity index (χ1v) is 9.62. The summed E-state index contributed by atoms with van der Waals surface area (Å²) in [6, 6.07) is 7.94. The summed E-state index contributed by atoms with van der Waals surface area (Å²) in [7, 11) is -3.94. The standard InChI is InChI=1S/C17H19N5O4S/c1-10-16(12(3)26-21-10)27(24,25)22-11(2)17(23)19-14-6-4-5-13(9-14)15-7-8-18-20-15/h4-9,11,22H,1-3H3,(H,18,20)(H,19,23)/t11-/m0/s1. The van der Waals surface area contributed by atoms with E-state index in [1.165, 1.54) is 20.8 Å². The van der Waals surface area contributed by atoms with E-state index in [4.69, 9.17) is 4.52 Å². The quantitative estimate of drug-likeness (QED) is 0.591. The first-order valence-electron chi connectivity index (χ1n) is 8.14. The predicted molar refractivity (Wildman–Crippen MR) is 98.4 cm³/mol. The van der Waals surface area contributed by atoms with Crippen LogP contribution in [0, 0.1) is 13.8 Å². The fourth-order valence-electron chi connectivity index (χ4n) is 2.64. The number of nitrogens with zero attached hydrogens (tertiary/aromatic N) is 2. The number of benzene rings is 1. The number of aromatic amines is 1. The Bertz CT molecular complexity index is 1040. The summed E-state index contributed by atoms with van der Waals surface area (Å²) in [6.45, 7) is 4.49. The van der Waals surface area contributed by atoms with Crippen LogP contribution in [0.2, 0.25) is 0 Å². The third-order valence-electron chi connectivity index (χ3n) is 3.90. The fraction of sp³-hybridized carbons (Fsp3) is 0.235. The molecule has 0 radical (unpaired) electrons. The van der Waals surface area contributed by atoms with Crippen LogP contribution >= 0.6 is 0 Å². The molecule has 1 atom stereocenters. The Labute approximate surface area is 156 Å². The maximum atomic E-state index is 12.5. The first kappa shape index (κ1) is 18.8. The lowest BCUT2D eigenvalue weighted by molar-refractivity contribution is -0.117. The molecule has 0 saturated carbocycles. The van der Waals surface area contributed by atoms with Crippen LogP contribution in [0.3, 0.4) is 0 Å². The van der Waals surface area contributed by atoms with Gasteiger partial charge in [0.1, 0.15) is 10.6 Å².